The van der Waals surface area contributed by atoms with Crippen molar-refractivity contribution in [2.45, 2.75) is 62.8 Å². The molecule has 158 valence electrons. The maximum atomic E-state index is 13.1. The summed E-state index contributed by atoms with van der Waals surface area (Å²) in [5, 5.41) is 11.1. The van der Waals surface area contributed by atoms with E-state index in [1.165, 1.54) is 70.0 Å². The minimum absolute atomic E-state index is 0. The molecule has 2 saturated heterocycles. The lowest BCUT2D eigenvalue weighted by Gasteiger charge is -2.48. The average molecular weight is 410 g/mol. The van der Waals surface area contributed by atoms with Crippen molar-refractivity contribution in [1.82, 2.24) is 25.3 Å². The first-order chi connectivity index (χ1) is 13.2. The van der Waals surface area contributed by atoms with Gasteiger partial charge >= 0.3 is 0 Å². The molecule has 6 nitrogen and oxygen atoms in total. The zero-order valence-electron chi connectivity index (χ0n) is 17.2. The summed E-state index contributed by atoms with van der Waals surface area (Å²) >= 11 is 0. The largest absolute Gasteiger partial charge is 0.354 e. The summed E-state index contributed by atoms with van der Waals surface area (Å²) < 4.78 is 1.83. The number of amides is 1. The maximum Gasteiger partial charge on any atom is 0.225 e. The first-order valence-corrected chi connectivity index (χ1v) is 10.9. The number of aromatic nitrogens is 2. The van der Waals surface area contributed by atoms with Crippen LogP contribution in [-0.4, -0.2) is 58.9 Å². The van der Waals surface area contributed by atoms with Crippen molar-refractivity contribution < 1.29 is 4.79 Å². The van der Waals surface area contributed by atoms with Gasteiger partial charge in [-0.15, -0.1) is 12.4 Å². The standard InChI is InChI=1S/C21H35N5O.ClH/c1-25-15-17(12-24-25)18-13-22-14-19(18)20(27)23-16-21(8-4-2-5-9-21)26-10-6-3-7-11-26;/h12,15,18-19,22H,2-11,13-14,16H2,1H3,(H,23,27);1H/t18-,19+;/m1./s1. The molecule has 1 saturated carbocycles. The molecule has 2 atom stereocenters. The fourth-order valence-corrected chi connectivity index (χ4v) is 5.50. The molecule has 2 N–H and O–H groups in total. The molecule has 0 radical (unpaired) electrons. The van der Waals surface area contributed by atoms with Gasteiger partial charge in [0.25, 0.3) is 0 Å². The molecule has 0 unspecified atom stereocenters. The Labute approximate surface area is 175 Å². The van der Waals surface area contributed by atoms with Gasteiger partial charge in [-0.2, -0.15) is 5.10 Å². The second kappa shape index (κ2) is 9.59. The third-order valence-electron chi connectivity index (χ3n) is 7.11. The van der Waals surface area contributed by atoms with Crippen LogP contribution >= 0.6 is 12.4 Å². The van der Waals surface area contributed by atoms with Crippen molar-refractivity contribution in [3.63, 3.8) is 0 Å². The van der Waals surface area contributed by atoms with Gasteiger partial charge in [-0.3, -0.25) is 14.4 Å². The van der Waals surface area contributed by atoms with E-state index in [0.717, 1.165) is 19.6 Å². The average Bonchev–Trinajstić information content (AvgIpc) is 3.36. The Morgan fingerprint density at radius 1 is 1.18 bits per heavy atom. The van der Waals surface area contributed by atoms with Crippen LogP contribution in [0.2, 0.25) is 0 Å². The quantitative estimate of drug-likeness (QED) is 0.784. The fourth-order valence-electron chi connectivity index (χ4n) is 5.50. The highest BCUT2D eigenvalue weighted by atomic mass is 35.5. The molecule has 1 aliphatic carbocycles. The minimum atomic E-state index is 0. The Kier molecular flexibility index (Phi) is 7.40. The summed E-state index contributed by atoms with van der Waals surface area (Å²) in [5.41, 5.74) is 1.37. The Bertz CT molecular complexity index is 636. The number of hydrogen-bond donors (Lipinski definition) is 2. The molecule has 1 aromatic heterocycles. The van der Waals surface area contributed by atoms with Gasteiger partial charge in [0, 0.05) is 44.3 Å². The van der Waals surface area contributed by atoms with E-state index in [4.69, 9.17) is 0 Å². The zero-order chi connectivity index (χ0) is 18.7. The van der Waals surface area contributed by atoms with Crippen LogP contribution in [0.3, 0.4) is 0 Å². The topological polar surface area (TPSA) is 62.2 Å². The molecule has 0 bridgehead atoms. The molecule has 0 spiro atoms. The molecule has 28 heavy (non-hydrogen) atoms. The summed E-state index contributed by atoms with van der Waals surface area (Å²) in [6.07, 6.45) is 14.4. The van der Waals surface area contributed by atoms with Crippen LogP contribution in [0, 0.1) is 5.92 Å². The van der Waals surface area contributed by atoms with Gasteiger partial charge in [-0.1, -0.05) is 25.7 Å². The van der Waals surface area contributed by atoms with Crippen LogP contribution in [0.25, 0.3) is 0 Å². The van der Waals surface area contributed by atoms with Gasteiger partial charge in [0.15, 0.2) is 0 Å². The molecule has 2 aliphatic heterocycles. The van der Waals surface area contributed by atoms with Crippen LogP contribution in [0.4, 0.5) is 0 Å². The van der Waals surface area contributed by atoms with E-state index in [9.17, 15) is 4.79 Å². The van der Waals surface area contributed by atoms with E-state index in [1.54, 1.807) is 0 Å². The highest BCUT2D eigenvalue weighted by Crippen LogP contribution is 2.35. The van der Waals surface area contributed by atoms with Crippen LogP contribution in [0.5, 0.6) is 0 Å². The van der Waals surface area contributed by atoms with E-state index in [2.05, 4.69) is 20.6 Å². The number of hydrogen-bond acceptors (Lipinski definition) is 4. The zero-order valence-corrected chi connectivity index (χ0v) is 18.0. The number of carbonyl (C=O) groups is 1. The summed E-state index contributed by atoms with van der Waals surface area (Å²) in [7, 11) is 1.94. The number of carbonyl (C=O) groups excluding carboxylic acids is 1. The van der Waals surface area contributed by atoms with Crippen LogP contribution in [-0.2, 0) is 11.8 Å². The number of nitrogens with one attached hydrogen (secondary N) is 2. The molecule has 1 aromatic rings. The first kappa shape index (κ1) is 21.6. The summed E-state index contributed by atoms with van der Waals surface area (Å²) in [6, 6.07) is 0. The lowest BCUT2D eigenvalue weighted by atomic mass is 9.79. The Morgan fingerprint density at radius 3 is 2.57 bits per heavy atom. The van der Waals surface area contributed by atoms with Crippen molar-refractivity contribution >= 4 is 18.3 Å². The highest BCUT2D eigenvalue weighted by Gasteiger charge is 2.40. The lowest BCUT2D eigenvalue weighted by molar-refractivity contribution is -0.125. The molecule has 0 aromatic carbocycles. The Morgan fingerprint density at radius 2 is 1.89 bits per heavy atom. The van der Waals surface area contributed by atoms with Crippen LogP contribution in [0.15, 0.2) is 12.4 Å². The predicted octanol–water partition coefficient (Wildman–Crippen LogP) is 2.45. The molecule has 1 amide bonds. The number of aryl methyl sites for hydroxylation is 1. The number of halogens is 1. The van der Waals surface area contributed by atoms with Crippen molar-refractivity contribution in [1.29, 1.82) is 0 Å². The van der Waals surface area contributed by atoms with Gasteiger partial charge in [-0.05, 0) is 44.3 Å². The first-order valence-electron chi connectivity index (χ1n) is 10.9. The van der Waals surface area contributed by atoms with E-state index >= 15 is 0 Å². The molecule has 7 heteroatoms. The molecular weight excluding hydrogens is 374 g/mol. The number of likely N-dealkylation sites (tertiary alicyclic amines) is 1. The van der Waals surface area contributed by atoms with Gasteiger partial charge in [0.2, 0.25) is 5.91 Å². The van der Waals surface area contributed by atoms with E-state index in [-0.39, 0.29) is 35.7 Å². The van der Waals surface area contributed by atoms with Crippen molar-refractivity contribution in [3.8, 4) is 0 Å². The van der Waals surface area contributed by atoms with Crippen LogP contribution < -0.4 is 10.6 Å². The minimum Gasteiger partial charge on any atom is -0.354 e. The van der Waals surface area contributed by atoms with Gasteiger partial charge in [0.05, 0.1) is 12.1 Å². The van der Waals surface area contributed by atoms with Gasteiger partial charge < -0.3 is 10.6 Å². The summed E-state index contributed by atoms with van der Waals surface area (Å²) in [5.74, 6) is 0.461. The second-order valence-electron chi connectivity index (χ2n) is 8.87. The van der Waals surface area contributed by atoms with Gasteiger partial charge in [-0.25, -0.2) is 0 Å². The number of nitrogens with zero attached hydrogens (tertiary/aromatic N) is 3. The summed E-state index contributed by atoms with van der Waals surface area (Å²) in [4.78, 5) is 15.8. The fraction of sp³-hybridized carbons (Fsp3) is 0.810. The summed E-state index contributed by atoms with van der Waals surface area (Å²) in [6.45, 7) is 4.86. The third-order valence-corrected chi connectivity index (χ3v) is 7.11. The second-order valence-corrected chi connectivity index (χ2v) is 8.87. The van der Waals surface area contributed by atoms with Crippen molar-refractivity contribution in [2.75, 3.05) is 32.7 Å². The Hall–Kier alpha value is -1.11. The maximum absolute atomic E-state index is 13.1. The van der Waals surface area contributed by atoms with Crippen molar-refractivity contribution in [3.05, 3.63) is 18.0 Å². The normalized spacial score (nSPS) is 27.9. The smallest absolute Gasteiger partial charge is 0.225 e. The molecular formula is C21H36ClN5O. The predicted molar refractivity (Wildman–Crippen MR) is 114 cm³/mol. The van der Waals surface area contributed by atoms with E-state index in [1.807, 2.05) is 24.1 Å². The van der Waals surface area contributed by atoms with Crippen LogP contribution in [0.1, 0.15) is 62.8 Å². The monoisotopic (exact) mass is 409 g/mol. The van der Waals surface area contributed by atoms with E-state index < -0.39 is 0 Å². The number of piperidine rings is 1. The SMILES string of the molecule is Cl.Cn1cc([C@H]2CNC[C@@H]2C(=O)NCC2(N3CCCCC3)CCCCC2)cn1. The number of rotatable bonds is 5. The van der Waals surface area contributed by atoms with Gasteiger partial charge in [0.1, 0.15) is 0 Å². The molecule has 3 heterocycles. The molecule has 3 aliphatic rings. The molecule has 3 fully saturated rings. The van der Waals surface area contributed by atoms with Crippen molar-refractivity contribution in [2.24, 2.45) is 13.0 Å². The lowest BCUT2D eigenvalue weighted by Crippen LogP contribution is -2.58. The highest BCUT2D eigenvalue weighted by molar-refractivity contribution is 5.85. The van der Waals surface area contributed by atoms with E-state index in [0.29, 0.717) is 0 Å². The molecule has 4 rings (SSSR count). The Balaban J connectivity index is 0.00000225. The third kappa shape index (κ3) is 4.55.